The first-order chi connectivity index (χ1) is 18.8. The molecule has 11 heteroatoms. The highest BCUT2D eigenvalue weighted by Crippen LogP contribution is 2.29. The minimum Gasteiger partial charge on any atom is -0.489 e. The molecule has 1 saturated carbocycles. The number of nitro benzene ring substituents is 1. The summed E-state index contributed by atoms with van der Waals surface area (Å²) in [5.74, 6) is 0.776. The summed E-state index contributed by atoms with van der Waals surface area (Å²) < 4.78 is 11.8. The Kier molecular flexibility index (Phi) is 8.58. The van der Waals surface area contributed by atoms with Crippen molar-refractivity contribution in [1.82, 2.24) is 10.6 Å². The maximum Gasteiger partial charge on any atom is 0.404 e. The van der Waals surface area contributed by atoms with Gasteiger partial charge in [-0.1, -0.05) is 12.1 Å². The first-order valence-corrected chi connectivity index (χ1v) is 12.3. The minimum absolute atomic E-state index is 0.0314. The number of carbonyl (C=O) groups excluding carboxylic acids is 1. The molecule has 1 fully saturated rings. The van der Waals surface area contributed by atoms with Gasteiger partial charge in [0.15, 0.2) is 0 Å². The zero-order chi connectivity index (χ0) is 27.8. The van der Waals surface area contributed by atoms with Crippen molar-refractivity contribution < 1.29 is 29.1 Å². The van der Waals surface area contributed by atoms with Crippen molar-refractivity contribution >= 4 is 17.7 Å². The molecule has 2 amide bonds. The third-order valence-corrected chi connectivity index (χ3v) is 6.28. The van der Waals surface area contributed by atoms with Crippen molar-refractivity contribution in [1.29, 1.82) is 5.26 Å². The summed E-state index contributed by atoms with van der Waals surface area (Å²) in [6, 6.07) is 19.1. The van der Waals surface area contributed by atoms with Crippen molar-refractivity contribution in [3.05, 3.63) is 93.5 Å². The summed E-state index contributed by atoms with van der Waals surface area (Å²) in [6.45, 7) is 0.0314. The van der Waals surface area contributed by atoms with Gasteiger partial charge in [0, 0.05) is 35.8 Å². The number of benzene rings is 3. The molecule has 11 nitrogen and oxygen atoms in total. The van der Waals surface area contributed by atoms with Crippen LogP contribution in [0.25, 0.3) is 0 Å². The Morgan fingerprint density at radius 3 is 2.26 bits per heavy atom. The SMILES string of the molecule is N#Cc1ccc(Oc2cc(OCc3cccc([N+](=O)[O-])c3)cc(C(=O)NC3CCC(NC(=O)O)CC3)c2)cc1. The highest BCUT2D eigenvalue weighted by Gasteiger charge is 2.24. The smallest absolute Gasteiger partial charge is 0.404 e. The van der Waals surface area contributed by atoms with Gasteiger partial charge < -0.3 is 25.2 Å². The summed E-state index contributed by atoms with van der Waals surface area (Å²) >= 11 is 0. The molecule has 1 aliphatic carbocycles. The summed E-state index contributed by atoms with van der Waals surface area (Å²) in [7, 11) is 0. The zero-order valence-electron chi connectivity index (χ0n) is 20.8. The average Bonchev–Trinajstić information content (AvgIpc) is 2.93. The van der Waals surface area contributed by atoms with Gasteiger partial charge in [-0.05, 0) is 67.6 Å². The minimum atomic E-state index is -1.06. The quantitative estimate of drug-likeness (QED) is 0.253. The van der Waals surface area contributed by atoms with Crippen LogP contribution in [0.4, 0.5) is 10.5 Å². The van der Waals surface area contributed by atoms with Crippen molar-refractivity contribution in [3.63, 3.8) is 0 Å². The summed E-state index contributed by atoms with van der Waals surface area (Å²) in [5, 5.41) is 34.5. The van der Waals surface area contributed by atoms with E-state index in [9.17, 15) is 19.7 Å². The van der Waals surface area contributed by atoms with E-state index in [0.29, 0.717) is 59.6 Å². The van der Waals surface area contributed by atoms with Crippen molar-refractivity contribution in [2.75, 3.05) is 0 Å². The lowest BCUT2D eigenvalue weighted by Gasteiger charge is -2.29. The fraction of sp³-hybridized carbons (Fsp3) is 0.250. The number of nitrogens with zero attached hydrogens (tertiary/aromatic N) is 2. The Hall–Kier alpha value is -5.11. The summed E-state index contributed by atoms with van der Waals surface area (Å²) in [5.41, 5.74) is 1.30. The van der Waals surface area contributed by atoms with E-state index in [-0.39, 0.29) is 30.3 Å². The number of carbonyl (C=O) groups is 2. The first-order valence-electron chi connectivity index (χ1n) is 12.3. The van der Waals surface area contributed by atoms with E-state index < -0.39 is 11.0 Å². The highest BCUT2D eigenvalue weighted by molar-refractivity contribution is 5.95. The number of hydrogen-bond acceptors (Lipinski definition) is 7. The number of amides is 2. The van der Waals surface area contributed by atoms with E-state index >= 15 is 0 Å². The molecule has 3 N–H and O–H groups in total. The number of non-ortho nitro benzene ring substituents is 1. The van der Waals surface area contributed by atoms with E-state index in [1.54, 1.807) is 54.6 Å². The van der Waals surface area contributed by atoms with Crippen molar-refractivity contribution in [2.24, 2.45) is 0 Å². The third kappa shape index (κ3) is 7.69. The van der Waals surface area contributed by atoms with Gasteiger partial charge in [-0.25, -0.2) is 4.79 Å². The lowest BCUT2D eigenvalue weighted by atomic mass is 9.91. The van der Waals surface area contributed by atoms with Gasteiger partial charge in [-0.2, -0.15) is 5.26 Å². The molecule has 0 saturated heterocycles. The second-order valence-corrected chi connectivity index (χ2v) is 9.12. The van der Waals surface area contributed by atoms with Crippen LogP contribution < -0.4 is 20.1 Å². The van der Waals surface area contributed by atoms with E-state index in [0.717, 1.165) is 0 Å². The predicted octanol–water partition coefficient (Wildman–Crippen LogP) is 5.15. The summed E-state index contributed by atoms with van der Waals surface area (Å²) in [6.07, 6.45) is 1.45. The second kappa shape index (κ2) is 12.4. The topological polar surface area (TPSA) is 164 Å². The average molecular weight is 531 g/mol. The molecule has 4 rings (SSSR count). The van der Waals surface area contributed by atoms with Crippen LogP contribution in [0.15, 0.2) is 66.7 Å². The van der Waals surface area contributed by atoms with Gasteiger partial charge >= 0.3 is 6.09 Å². The molecular formula is C28H26N4O7. The molecule has 0 aliphatic heterocycles. The van der Waals surface area contributed by atoms with Crippen LogP contribution in [-0.4, -0.2) is 34.1 Å². The molecule has 0 unspecified atom stereocenters. The van der Waals surface area contributed by atoms with E-state index in [4.69, 9.17) is 19.8 Å². The lowest BCUT2D eigenvalue weighted by Crippen LogP contribution is -2.43. The molecule has 0 heterocycles. The maximum atomic E-state index is 13.2. The van der Waals surface area contributed by atoms with Gasteiger partial charge in [0.05, 0.1) is 16.6 Å². The number of carboxylic acid groups (broad SMARTS) is 1. The van der Waals surface area contributed by atoms with Crippen LogP contribution in [0.2, 0.25) is 0 Å². The molecule has 3 aromatic carbocycles. The Morgan fingerprint density at radius 1 is 0.949 bits per heavy atom. The van der Waals surface area contributed by atoms with Crippen LogP contribution in [0.5, 0.6) is 17.2 Å². The van der Waals surface area contributed by atoms with Gasteiger partial charge in [0.2, 0.25) is 0 Å². The predicted molar refractivity (Wildman–Crippen MR) is 140 cm³/mol. The van der Waals surface area contributed by atoms with E-state index in [1.807, 2.05) is 6.07 Å². The second-order valence-electron chi connectivity index (χ2n) is 9.12. The number of nitrogens with one attached hydrogen (secondary N) is 2. The van der Waals surface area contributed by atoms with Crippen LogP contribution in [0, 0.1) is 21.4 Å². The third-order valence-electron chi connectivity index (χ3n) is 6.28. The number of rotatable bonds is 9. The zero-order valence-corrected chi connectivity index (χ0v) is 20.8. The molecule has 200 valence electrons. The van der Waals surface area contributed by atoms with Crippen LogP contribution in [0.3, 0.4) is 0 Å². The first kappa shape index (κ1) is 26.9. The molecule has 3 aromatic rings. The van der Waals surface area contributed by atoms with Crippen LogP contribution >= 0.6 is 0 Å². The number of ether oxygens (including phenoxy) is 2. The Morgan fingerprint density at radius 2 is 1.62 bits per heavy atom. The molecule has 0 aromatic heterocycles. The van der Waals surface area contributed by atoms with Gasteiger partial charge in [-0.15, -0.1) is 0 Å². The number of nitro groups is 1. The number of nitriles is 1. The van der Waals surface area contributed by atoms with Gasteiger partial charge in [-0.3, -0.25) is 14.9 Å². The lowest BCUT2D eigenvalue weighted by molar-refractivity contribution is -0.384. The van der Waals surface area contributed by atoms with Crippen molar-refractivity contribution in [2.45, 2.75) is 44.4 Å². The van der Waals surface area contributed by atoms with Crippen LogP contribution in [-0.2, 0) is 6.61 Å². The molecule has 0 bridgehead atoms. The van der Waals surface area contributed by atoms with E-state index in [1.165, 1.54) is 12.1 Å². The van der Waals surface area contributed by atoms with E-state index in [2.05, 4.69) is 10.6 Å². The monoisotopic (exact) mass is 530 g/mol. The fourth-order valence-electron chi connectivity index (χ4n) is 4.33. The van der Waals surface area contributed by atoms with Gasteiger partial charge in [0.25, 0.3) is 11.6 Å². The molecule has 0 radical (unpaired) electrons. The molecule has 1 aliphatic rings. The van der Waals surface area contributed by atoms with Crippen molar-refractivity contribution in [3.8, 4) is 23.3 Å². The Bertz CT molecular complexity index is 1390. The standard InChI is InChI=1S/C28H26N4O7/c29-16-18-4-10-24(11-5-18)39-26-14-20(27(33)30-21-6-8-22(9-7-21)31-28(34)35)13-25(15-26)38-17-19-2-1-3-23(12-19)32(36)37/h1-5,10-15,21-22,31H,6-9,17H2,(H,30,33)(H,34,35). The Labute approximate surface area is 224 Å². The Balaban J connectivity index is 1.50. The highest BCUT2D eigenvalue weighted by atomic mass is 16.6. The largest absolute Gasteiger partial charge is 0.489 e. The molecule has 0 atom stereocenters. The molecular weight excluding hydrogens is 504 g/mol. The van der Waals surface area contributed by atoms with Gasteiger partial charge in [0.1, 0.15) is 23.9 Å². The number of hydrogen-bond donors (Lipinski definition) is 3. The normalized spacial score (nSPS) is 16.4. The summed E-state index contributed by atoms with van der Waals surface area (Å²) in [4.78, 5) is 34.7. The van der Waals surface area contributed by atoms with Crippen LogP contribution in [0.1, 0.15) is 47.2 Å². The molecule has 39 heavy (non-hydrogen) atoms. The fourth-order valence-corrected chi connectivity index (χ4v) is 4.33. The molecule has 0 spiro atoms. The maximum absolute atomic E-state index is 13.2.